The van der Waals surface area contributed by atoms with Gasteiger partial charge in [-0.15, -0.1) is 0 Å². The number of ketones is 1. The van der Waals surface area contributed by atoms with E-state index < -0.39 is 36.2 Å². The monoisotopic (exact) mass is 497 g/mol. The van der Waals surface area contributed by atoms with Crippen LogP contribution in [0.1, 0.15) is 15.9 Å². The van der Waals surface area contributed by atoms with Crippen LogP contribution < -0.4 is 10.6 Å². The number of carboxylic acids is 1. The highest BCUT2D eigenvalue weighted by molar-refractivity contribution is 6.38. The fraction of sp³-hybridized carbons (Fsp3) is 0.111. The highest BCUT2D eigenvalue weighted by atomic mass is 16.4. The zero-order valence-electron chi connectivity index (χ0n) is 19.6. The molecule has 0 aliphatic carbocycles. The van der Waals surface area contributed by atoms with Gasteiger partial charge in [0.25, 0.3) is 11.8 Å². The largest absolute Gasteiger partial charge is 0.480 e. The number of rotatable bonds is 10. The molecule has 10 nitrogen and oxygen atoms in total. The quantitative estimate of drug-likeness (QED) is 0.285. The number of aliphatic carboxylic acids is 1. The molecule has 2 amide bonds. The average molecular weight is 498 g/mol. The van der Waals surface area contributed by atoms with Crippen molar-refractivity contribution >= 4 is 23.6 Å². The first-order chi connectivity index (χ1) is 17.9. The van der Waals surface area contributed by atoms with E-state index in [1.165, 1.54) is 16.9 Å². The van der Waals surface area contributed by atoms with Crippen LogP contribution in [0.2, 0.25) is 0 Å². The average Bonchev–Trinajstić information content (AvgIpc) is 3.42. The number of pyridine rings is 1. The Bertz CT molecular complexity index is 1420. The van der Waals surface area contributed by atoms with Crippen molar-refractivity contribution in [3.05, 3.63) is 102 Å². The molecule has 4 rings (SSSR count). The number of Topliss-reactive ketones (excluding diaryl/α,β-unsaturated/α-hetero) is 1. The lowest BCUT2D eigenvalue weighted by atomic mass is 10.0. The summed E-state index contributed by atoms with van der Waals surface area (Å²) in [6, 6.07) is 22.0. The minimum Gasteiger partial charge on any atom is -0.480 e. The van der Waals surface area contributed by atoms with E-state index in [9.17, 15) is 19.2 Å². The third-order valence-electron chi connectivity index (χ3n) is 5.44. The van der Waals surface area contributed by atoms with Gasteiger partial charge in [-0.25, -0.2) is 9.67 Å². The van der Waals surface area contributed by atoms with Crippen LogP contribution in [0.15, 0.2) is 91.3 Å². The Morgan fingerprint density at radius 2 is 1.59 bits per heavy atom. The molecule has 0 fully saturated rings. The third-order valence-corrected chi connectivity index (χ3v) is 5.44. The van der Waals surface area contributed by atoms with Crippen LogP contribution in [0.3, 0.4) is 0 Å². The number of hydrogen-bond donors (Lipinski definition) is 3. The summed E-state index contributed by atoms with van der Waals surface area (Å²) in [6.07, 6.45) is 3.22. The van der Waals surface area contributed by atoms with Crippen LogP contribution in [0.5, 0.6) is 0 Å². The van der Waals surface area contributed by atoms with Crippen molar-refractivity contribution in [3.8, 4) is 17.1 Å². The van der Waals surface area contributed by atoms with Crippen molar-refractivity contribution < 1.29 is 24.3 Å². The second-order valence-electron chi connectivity index (χ2n) is 8.04. The highest BCUT2D eigenvalue weighted by Gasteiger charge is 2.29. The van der Waals surface area contributed by atoms with Crippen molar-refractivity contribution in [2.45, 2.75) is 12.5 Å². The van der Waals surface area contributed by atoms with Crippen molar-refractivity contribution in [2.75, 3.05) is 6.54 Å². The van der Waals surface area contributed by atoms with Gasteiger partial charge in [-0.3, -0.25) is 19.2 Å². The molecule has 37 heavy (non-hydrogen) atoms. The summed E-state index contributed by atoms with van der Waals surface area (Å²) in [5.74, 6) is -3.76. The van der Waals surface area contributed by atoms with E-state index in [1.807, 2.05) is 30.3 Å². The molecule has 2 heterocycles. The van der Waals surface area contributed by atoms with Crippen molar-refractivity contribution in [1.29, 1.82) is 0 Å². The van der Waals surface area contributed by atoms with Crippen LogP contribution in [0.25, 0.3) is 17.1 Å². The van der Waals surface area contributed by atoms with Crippen LogP contribution in [-0.2, 0) is 20.8 Å². The lowest BCUT2D eigenvalue weighted by Gasteiger charge is -2.18. The van der Waals surface area contributed by atoms with Gasteiger partial charge >= 0.3 is 5.97 Å². The van der Waals surface area contributed by atoms with E-state index in [1.54, 1.807) is 48.7 Å². The number of benzene rings is 2. The standard InChI is InChI=1S/C27H23N5O5/c33-23(34)17-29-27(37)24(35)22(16-18-8-3-1-4-9-18)30-26(36)20-12-7-14-28-25(20)32-15-13-21(31-32)19-10-5-2-6-11-19/h1-15,22H,16-17H2,(H,29,37)(H,30,36)(H,33,34). The minimum atomic E-state index is -1.29. The summed E-state index contributed by atoms with van der Waals surface area (Å²) in [5, 5.41) is 18.0. The molecule has 2 aromatic carbocycles. The maximum Gasteiger partial charge on any atom is 0.322 e. The Labute approximate surface area is 212 Å². The van der Waals surface area contributed by atoms with Gasteiger partial charge in [-0.1, -0.05) is 60.7 Å². The van der Waals surface area contributed by atoms with Gasteiger partial charge in [0.1, 0.15) is 12.6 Å². The maximum atomic E-state index is 13.3. The third kappa shape index (κ3) is 6.31. The number of carboxylic acid groups (broad SMARTS) is 1. The number of aromatic nitrogens is 3. The molecule has 3 N–H and O–H groups in total. The summed E-state index contributed by atoms with van der Waals surface area (Å²) < 4.78 is 1.46. The predicted molar refractivity (Wildman–Crippen MR) is 134 cm³/mol. The molecule has 10 heteroatoms. The van der Waals surface area contributed by atoms with E-state index in [-0.39, 0.29) is 17.8 Å². The molecule has 0 saturated carbocycles. The lowest BCUT2D eigenvalue weighted by Crippen LogP contribution is -2.49. The minimum absolute atomic E-state index is 0.0292. The van der Waals surface area contributed by atoms with Crippen LogP contribution in [0.4, 0.5) is 0 Å². The van der Waals surface area contributed by atoms with Gasteiger partial charge in [0.15, 0.2) is 5.82 Å². The van der Waals surface area contributed by atoms with E-state index in [4.69, 9.17) is 5.11 Å². The smallest absolute Gasteiger partial charge is 0.322 e. The van der Waals surface area contributed by atoms with Crippen LogP contribution >= 0.6 is 0 Å². The second kappa shape index (κ2) is 11.5. The van der Waals surface area contributed by atoms with Gasteiger partial charge in [0, 0.05) is 24.4 Å². The molecule has 2 aromatic heterocycles. The van der Waals surface area contributed by atoms with Gasteiger partial charge in [0.2, 0.25) is 5.78 Å². The first-order valence-corrected chi connectivity index (χ1v) is 11.4. The first-order valence-electron chi connectivity index (χ1n) is 11.4. The molecule has 0 aliphatic rings. The summed E-state index contributed by atoms with van der Waals surface area (Å²) >= 11 is 0. The molecule has 1 atom stereocenters. The topological polar surface area (TPSA) is 143 Å². The summed E-state index contributed by atoms with van der Waals surface area (Å²) in [7, 11) is 0. The Hall–Kier alpha value is -5.12. The molecule has 0 radical (unpaired) electrons. The Kier molecular flexibility index (Phi) is 7.79. The second-order valence-corrected chi connectivity index (χ2v) is 8.04. The Morgan fingerprint density at radius 1 is 0.892 bits per heavy atom. The Morgan fingerprint density at radius 3 is 2.30 bits per heavy atom. The summed E-state index contributed by atoms with van der Waals surface area (Å²) in [4.78, 5) is 53.7. The molecule has 0 aliphatic heterocycles. The number of hydrogen-bond acceptors (Lipinski definition) is 6. The van der Waals surface area contributed by atoms with Gasteiger partial charge in [-0.2, -0.15) is 5.10 Å². The summed E-state index contributed by atoms with van der Waals surface area (Å²) in [5.41, 5.74) is 2.43. The number of carbonyl (C=O) groups excluding carboxylic acids is 3. The number of amides is 2. The summed E-state index contributed by atoms with van der Waals surface area (Å²) in [6.45, 7) is -0.716. The molecule has 0 bridgehead atoms. The van der Waals surface area contributed by atoms with E-state index >= 15 is 0 Å². The molecule has 4 aromatic rings. The van der Waals surface area contributed by atoms with Crippen molar-refractivity contribution in [3.63, 3.8) is 0 Å². The van der Waals surface area contributed by atoms with Crippen molar-refractivity contribution in [1.82, 2.24) is 25.4 Å². The highest BCUT2D eigenvalue weighted by Crippen LogP contribution is 2.19. The molecular formula is C27H23N5O5. The van der Waals surface area contributed by atoms with Gasteiger partial charge in [0.05, 0.1) is 11.3 Å². The van der Waals surface area contributed by atoms with Crippen LogP contribution in [-0.4, -0.2) is 56.0 Å². The van der Waals surface area contributed by atoms with E-state index in [0.717, 1.165) is 5.56 Å². The molecule has 0 saturated heterocycles. The number of nitrogens with zero attached hydrogens (tertiary/aromatic N) is 3. The Balaban J connectivity index is 1.59. The molecule has 0 spiro atoms. The van der Waals surface area contributed by atoms with Crippen LogP contribution in [0, 0.1) is 0 Å². The predicted octanol–water partition coefficient (Wildman–Crippen LogP) is 2.05. The normalized spacial score (nSPS) is 11.4. The molecule has 186 valence electrons. The lowest BCUT2D eigenvalue weighted by molar-refractivity contribution is -0.141. The zero-order chi connectivity index (χ0) is 26.2. The SMILES string of the molecule is O=C(O)CNC(=O)C(=O)C(Cc1ccccc1)NC(=O)c1cccnc1-n1ccc(-c2ccccc2)n1. The first kappa shape index (κ1) is 25.0. The molecular weight excluding hydrogens is 474 g/mol. The zero-order valence-corrected chi connectivity index (χ0v) is 19.6. The van der Waals surface area contributed by atoms with Gasteiger partial charge < -0.3 is 15.7 Å². The van der Waals surface area contributed by atoms with E-state index in [0.29, 0.717) is 11.3 Å². The van der Waals surface area contributed by atoms with E-state index in [2.05, 4.69) is 20.7 Å². The maximum absolute atomic E-state index is 13.3. The number of carbonyl (C=O) groups is 4. The van der Waals surface area contributed by atoms with Crippen molar-refractivity contribution in [2.24, 2.45) is 0 Å². The fourth-order valence-corrected chi connectivity index (χ4v) is 3.66. The number of nitrogens with one attached hydrogen (secondary N) is 2. The fourth-order valence-electron chi connectivity index (χ4n) is 3.66. The van der Waals surface area contributed by atoms with Gasteiger partial charge in [-0.05, 0) is 23.8 Å². The molecule has 1 unspecified atom stereocenters.